The van der Waals surface area contributed by atoms with Gasteiger partial charge in [-0.05, 0) is 77.0 Å². The lowest BCUT2D eigenvalue weighted by Crippen LogP contribution is -2.28. The molecule has 0 aliphatic carbocycles. The highest BCUT2D eigenvalue weighted by molar-refractivity contribution is 5.71. The first-order chi connectivity index (χ1) is 32.3. The monoisotopic (exact) mass is 937 g/mol. The molecule has 0 saturated heterocycles. The van der Waals surface area contributed by atoms with Gasteiger partial charge in [0.15, 0.2) is 12.2 Å². The minimum absolute atomic E-state index is 0.0675. The van der Waals surface area contributed by atoms with E-state index < -0.39 is 12.2 Å². The molecule has 0 amide bonds. The third-order valence-corrected chi connectivity index (χ3v) is 11.6. The summed E-state index contributed by atoms with van der Waals surface area (Å²) in [6, 6.07) is 0. The molecule has 388 valence electrons. The molecule has 10 nitrogen and oxygen atoms in total. The van der Waals surface area contributed by atoms with Gasteiger partial charge in [0, 0.05) is 25.7 Å². The molecular formula is C56H104O10. The fourth-order valence-electron chi connectivity index (χ4n) is 7.33. The molecule has 2 atom stereocenters. The standard InChI is InChI=1S/C29H54O5.C27H50O5/c1-3-5-7-9-10-11-12-13-14-15-16-17-18-20-21-23-28(31)33-26-27(25-30)34-29(32)24-22-19-8-6-4-2;1-3-5-7-8-9-10-11-12-13-14-15-16-17-18-20-21-26(29)31-24-25(23-28)32-27(30)22-19-6-4-2/h13-14,27,30H,3-12,15-26H2,1-2H3;12-13,25,28H,3-11,14-24H2,1-2H3. The van der Waals surface area contributed by atoms with Crippen molar-refractivity contribution in [2.45, 2.75) is 284 Å². The number of esters is 4. The molecule has 10 heteroatoms. The highest BCUT2D eigenvalue weighted by Crippen LogP contribution is 2.13. The summed E-state index contributed by atoms with van der Waals surface area (Å²) in [5.74, 6) is -1.25. The number of carbonyl (C=O) groups is 4. The fourth-order valence-corrected chi connectivity index (χ4v) is 7.33. The van der Waals surface area contributed by atoms with Gasteiger partial charge in [-0.15, -0.1) is 0 Å². The molecule has 0 spiro atoms. The number of hydrogen-bond acceptors (Lipinski definition) is 10. The molecule has 0 aromatic rings. The van der Waals surface area contributed by atoms with Crippen molar-refractivity contribution in [2.24, 2.45) is 0 Å². The first-order valence-corrected chi connectivity index (χ1v) is 27.5. The fraction of sp³-hybridized carbons (Fsp3) is 0.857. The van der Waals surface area contributed by atoms with Crippen LogP contribution in [-0.4, -0.2) is 72.7 Å². The van der Waals surface area contributed by atoms with Crippen molar-refractivity contribution in [2.75, 3.05) is 26.4 Å². The number of allylic oxidation sites excluding steroid dienone is 4. The SMILES string of the molecule is CCCCCCCCC=CCCCCCCCC(=O)OCC(CO)OC(=O)CCCCC.CCCCCCCCC=CCCCCCCCC(=O)OCC(CO)OC(=O)CCCCCCC. The molecule has 0 radical (unpaired) electrons. The van der Waals surface area contributed by atoms with Crippen LogP contribution in [0, 0.1) is 0 Å². The van der Waals surface area contributed by atoms with E-state index in [1.54, 1.807) is 0 Å². The molecule has 0 aliphatic rings. The second-order valence-electron chi connectivity index (χ2n) is 18.2. The Morgan fingerprint density at radius 1 is 0.333 bits per heavy atom. The van der Waals surface area contributed by atoms with Crippen molar-refractivity contribution in [1.29, 1.82) is 0 Å². The van der Waals surface area contributed by atoms with Crippen LogP contribution in [-0.2, 0) is 38.1 Å². The van der Waals surface area contributed by atoms with Crippen LogP contribution in [0.2, 0.25) is 0 Å². The normalized spacial score (nSPS) is 12.2. The molecule has 2 N–H and O–H groups in total. The lowest BCUT2D eigenvalue weighted by molar-refractivity contribution is -0.161. The predicted molar refractivity (Wildman–Crippen MR) is 272 cm³/mol. The molecule has 0 heterocycles. The van der Waals surface area contributed by atoms with E-state index >= 15 is 0 Å². The van der Waals surface area contributed by atoms with E-state index in [0.29, 0.717) is 25.7 Å². The van der Waals surface area contributed by atoms with Gasteiger partial charge in [-0.1, -0.05) is 193 Å². The predicted octanol–water partition coefficient (Wildman–Crippen LogP) is 14.9. The van der Waals surface area contributed by atoms with Crippen LogP contribution in [0.15, 0.2) is 24.3 Å². The van der Waals surface area contributed by atoms with Crippen molar-refractivity contribution < 1.29 is 48.3 Å². The average molecular weight is 937 g/mol. The summed E-state index contributed by atoms with van der Waals surface area (Å²) in [6.07, 6.45) is 49.0. The van der Waals surface area contributed by atoms with Crippen LogP contribution in [0.4, 0.5) is 0 Å². The van der Waals surface area contributed by atoms with Crippen LogP contribution in [0.5, 0.6) is 0 Å². The second kappa shape index (κ2) is 54.9. The molecule has 66 heavy (non-hydrogen) atoms. The van der Waals surface area contributed by atoms with E-state index in [2.05, 4.69) is 52.0 Å². The van der Waals surface area contributed by atoms with Crippen LogP contribution < -0.4 is 0 Å². The van der Waals surface area contributed by atoms with Crippen molar-refractivity contribution in [3.8, 4) is 0 Å². The third-order valence-electron chi connectivity index (χ3n) is 11.6. The van der Waals surface area contributed by atoms with Gasteiger partial charge in [0.2, 0.25) is 0 Å². The summed E-state index contributed by atoms with van der Waals surface area (Å²) in [7, 11) is 0. The molecule has 0 rings (SSSR count). The Morgan fingerprint density at radius 2 is 0.561 bits per heavy atom. The Kier molecular flexibility index (Phi) is 54.4. The van der Waals surface area contributed by atoms with Gasteiger partial charge in [-0.25, -0.2) is 0 Å². The first kappa shape index (κ1) is 65.4. The summed E-state index contributed by atoms with van der Waals surface area (Å²) < 4.78 is 20.7. The Balaban J connectivity index is 0. The quantitative estimate of drug-likeness (QED) is 0.0262. The summed E-state index contributed by atoms with van der Waals surface area (Å²) in [6.45, 7) is 7.93. The molecule has 0 fully saturated rings. The number of aliphatic hydroxyl groups is 2. The highest BCUT2D eigenvalue weighted by atomic mass is 16.6. The number of aliphatic hydroxyl groups excluding tert-OH is 2. The molecule has 0 saturated carbocycles. The first-order valence-electron chi connectivity index (χ1n) is 27.5. The van der Waals surface area contributed by atoms with Gasteiger partial charge in [-0.3, -0.25) is 19.2 Å². The lowest BCUT2D eigenvalue weighted by Gasteiger charge is -2.15. The van der Waals surface area contributed by atoms with E-state index in [9.17, 15) is 29.4 Å². The zero-order chi connectivity index (χ0) is 48.8. The van der Waals surface area contributed by atoms with Crippen molar-refractivity contribution in [1.82, 2.24) is 0 Å². The average Bonchev–Trinajstić information content (AvgIpc) is 3.31. The Morgan fingerprint density at radius 3 is 0.848 bits per heavy atom. The van der Waals surface area contributed by atoms with E-state index in [4.69, 9.17) is 18.9 Å². The van der Waals surface area contributed by atoms with E-state index in [-0.39, 0.29) is 50.3 Å². The molecule has 0 aromatic heterocycles. The largest absolute Gasteiger partial charge is 0.462 e. The van der Waals surface area contributed by atoms with Gasteiger partial charge < -0.3 is 29.2 Å². The van der Waals surface area contributed by atoms with Crippen LogP contribution in [0.3, 0.4) is 0 Å². The van der Waals surface area contributed by atoms with E-state index in [1.165, 1.54) is 128 Å². The Hall–Kier alpha value is -2.72. The van der Waals surface area contributed by atoms with Gasteiger partial charge in [-0.2, -0.15) is 0 Å². The zero-order valence-electron chi connectivity index (χ0n) is 43.3. The van der Waals surface area contributed by atoms with Crippen LogP contribution in [0.25, 0.3) is 0 Å². The van der Waals surface area contributed by atoms with Crippen LogP contribution in [0.1, 0.15) is 272 Å². The third kappa shape index (κ3) is 52.3. The number of ether oxygens (including phenoxy) is 4. The minimum atomic E-state index is -0.763. The molecule has 2 unspecified atom stereocenters. The number of unbranched alkanes of at least 4 members (excludes halogenated alkanes) is 28. The second-order valence-corrected chi connectivity index (χ2v) is 18.2. The molecule has 0 bridgehead atoms. The summed E-state index contributed by atoms with van der Waals surface area (Å²) in [5, 5.41) is 18.7. The highest BCUT2D eigenvalue weighted by Gasteiger charge is 2.17. The Labute approximate surface area is 405 Å². The minimum Gasteiger partial charge on any atom is -0.462 e. The van der Waals surface area contributed by atoms with Crippen molar-refractivity contribution in [3.63, 3.8) is 0 Å². The van der Waals surface area contributed by atoms with Gasteiger partial charge in [0.1, 0.15) is 13.2 Å². The van der Waals surface area contributed by atoms with Gasteiger partial charge in [0.25, 0.3) is 0 Å². The maximum absolute atomic E-state index is 11.9. The Bertz CT molecular complexity index is 1120. The number of rotatable bonds is 48. The smallest absolute Gasteiger partial charge is 0.306 e. The van der Waals surface area contributed by atoms with Gasteiger partial charge in [0.05, 0.1) is 13.2 Å². The zero-order valence-corrected chi connectivity index (χ0v) is 43.3. The lowest BCUT2D eigenvalue weighted by atomic mass is 10.1. The maximum Gasteiger partial charge on any atom is 0.306 e. The molecule has 0 aromatic carbocycles. The molecular weight excluding hydrogens is 833 g/mol. The van der Waals surface area contributed by atoms with Gasteiger partial charge >= 0.3 is 23.9 Å². The maximum atomic E-state index is 11.9. The summed E-state index contributed by atoms with van der Waals surface area (Å²) >= 11 is 0. The van der Waals surface area contributed by atoms with Crippen molar-refractivity contribution >= 4 is 23.9 Å². The number of hydrogen-bond donors (Lipinski definition) is 2. The molecule has 0 aliphatic heterocycles. The topological polar surface area (TPSA) is 146 Å². The number of carbonyl (C=O) groups excluding carboxylic acids is 4. The summed E-state index contributed by atoms with van der Waals surface area (Å²) in [4.78, 5) is 47.3. The summed E-state index contributed by atoms with van der Waals surface area (Å²) in [5.41, 5.74) is 0. The van der Waals surface area contributed by atoms with E-state index in [1.807, 2.05) is 0 Å². The van der Waals surface area contributed by atoms with Crippen LogP contribution >= 0.6 is 0 Å². The van der Waals surface area contributed by atoms with E-state index in [0.717, 1.165) is 89.9 Å². The van der Waals surface area contributed by atoms with Crippen molar-refractivity contribution in [3.05, 3.63) is 24.3 Å².